The second kappa shape index (κ2) is 9.96. The van der Waals surface area contributed by atoms with Crippen molar-refractivity contribution in [3.63, 3.8) is 0 Å². The summed E-state index contributed by atoms with van der Waals surface area (Å²) in [6, 6.07) is 8.39. The molecule has 2 nitrogen and oxygen atoms in total. The number of aryl methyl sites for hydroxylation is 1. The number of nitrogens with zero attached hydrogens (tertiary/aromatic N) is 1. The van der Waals surface area contributed by atoms with Crippen molar-refractivity contribution >= 4 is 23.1 Å². The lowest BCUT2D eigenvalue weighted by molar-refractivity contribution is -0.135. The molecular formula is C22H19ClF5NOS. The van der Waals surface area contributed by atoms with E-state index in [1.807, 2.05) is 6.92 Å². The third-order valence-electron chi connectivity index (χ3n) is 4.65. The van der Waals surface area contributed by atoms with Crippen molar-refractivity contribution in [3.05, 3.63) is 69.1 Å². The van der Waals surface area contributed by atoms with Crippen molar-refractivity contribution in [1.29, 1.82) is 0 Å². The molecule has 0 amide bonds. The third kappa shape index (κ3) is 5.74. The molecule has 0 spiro atoms. The maximum absolute atomic E-state index is 14.4. The molecule has 166 valence electrons. The number of ether oxygens (including phenoxy) is 1. The largest absolute Gasteiger partial charge is 0.483 e. The van der Waals surface area contributed by atoms with Crippen LogP contribution in [-0.4, -0.2) is 4.37 Å². The van der Waals surface area contributed by atoms with Gasteiger partial charge in [0.25, 0.3) is 0 Å². The van der Waals surface area contributed by atoms with Gasteiger partial charge in [0.15, 0.2) is 17.4 Å². The predicted octanol–water partition coefficient (Wildman–Crippen LogP) is 8.07. The minimum absolute atomic E-state index is 0.0333. The molecule has 0 aliphatic carbocycles. The summed E-state index contributed by atoms with van der Waals surface area (Å²) in [5.41, 5.74) is 0.615. The Hall–Kier alpha value is -2.19. The number of aromatic nitrogens is 1. The van der Waals surface area contributed by atoms with Crippen molar-refractivity contribution in [3.8, 4) is 17.0 Å². The summed E-state index contributed by atoms with van der Waals surface area (Å²) in [5.74, 6) is -2.60. The molecule has 0 fully saturated rings. The quantitative estimate of drug-likeness (QED) is 0.243. The van der Waals surface area contributed by atoms with Crippen LogP contribution in [0.3, 0.4) is 0 Å². The normalized spacial score (nSPS) is 11.7. The topological polar surface area (TPSA) is 22.1 Å². The maximum atomic E-state index is 14.4. The second-order valence-electron chi connectivity index (χ2n) is 6.98. The van der Waals surface area contributed by atoms with Crippen molar-refractivity contribution < 1.29 is 26.7 Å². The van der Waals surface area contributed by atoms with Gasteiger partial charge in [-0.25, -0.2) is 8.78 Å². The van der Waals surface area contributed by atoms with Crippen LogP contribution >= 0.6 is 23.1 Å². The van der Waals surface area contributed by atoms with Gasteiger partial charge in [0.2, 0.25) is 0 Å². The van der Waals surface area contributed by atoms with Gasteiger partial charge in [-0.05, 0) is 54.2 Å². The molecule has 0 atom stereocenters. The summed E-state index contributed by atoms with van der Waals surface area (Å²) in [6.45, 7) is 1.33. The van der Waals surface area contributed by atoms with Crippen LogP contribution < -0.4 is 4.74 Å². The molecule has 0 N–H and O–H groups in total. The number of unbranched alkanes of at least 4 members (excludes halogenated alkanes) is 2. The zero-order valence-corrected chi connectivity index (χ0v) is 18.1. The smallest absolute Gasteiger partial charge is 0.427 e. The Kier molecular flexibility index (Phi) is 7.54. The predicted molar refractivity (Wildman–Crippen MR) is 111 cm³/mol. The molecular weight excluding hydrogens is 457 g/mol. The number of rotatable bonds is 8. The van der Waals surface area contributed by atoms with Gasteiger partial charge in [-0.3, -0.25) is 0 Å². The van der Waals surface area contributed by atoms with Gasteiger partial charge < -0.3 is 4.74 Å². The average molecular weight is 476 g/mol. The lowest BCUT2D eigenvalue weighted by atomic mass is 10.1. The molecule has 0 aliphatic heterocycles. The molecule has 0 bridgehead atoms. The Labute approximate surface area is 185 Å². The van der Waals surface area contributed by atoms with Gasteiger partial charge >= 0.3 is 6.18 Å². The van der Waals surface area contributed by atoms with Gasteiger partial charge in [-0.2, -0.15) is 17.5 Å². The van der Waals surface area contributed by atoms with Crippen LogP contribution in [0.5, 0.6) is 5.75 Å². The van der Waals surface area contributed by atoms with Crippen LogP contribution in [0.4, 0.5) is 22.0 Å². The maximum Gasteiger partial charge on any atom is 0.427 e. The number of halogens is 6. The highest BCUT2D eigenvalue weighted by atomic mass is 35.5. The molecule has 1 heterocycles. The summed E-state index contributed by atoms with van der Waals surface area (Å²) in [4.78, 5) is -0.977. The van der Waals surface area contributed by atoms with Crippen LogP contribution in [-0.2, 0) is 19.2 Å². The molecule has 1 aromatic heterocycles. The summed E-state index contributed by atoms with van der Waals surface area (Å²) in [6.07, 6.45) is -1.48. The standard InChI is InChI=1S/C22H19ClF5NOS/c1-2-3-4-5-13-10-17(24)20(18(25)11-13)30-12-16-19(14-6-8-15(23)9-7-14)29-31-21(16)22(26,27)28/h6-11H,2-5,12H2,1H3. The summed E-state index contributed by atoms with van der Waals surface area (Å²) >= 11 is 6.10. The molecule has 0 unspecified atom stereocenters. The molecule has 31 heavy (non-hydrogen) atoms. The van der Waals surface area contributed by atoms with Crippen molar-refractivity contribution in [2.45, 2.75) is 45.4 Å². The van der Waals surface area contributed by atoms with E-state index in [2.05, 4.69) is 4.37 Å². The fraction of sp³-hybridized carbons (Fsp3) is 0.318. The molecule has 3 aromatic rings. The zero-order chi connectivity index (χ0) is 22.6. The molecule has 3 rings (SSSR count). The Morgan fingerprint density at radius 2 is 1.68 bits per heavy atom. The summed E-state index contributed by atoms with van der Waals surface area (Å²) in [7, 11) is 0. The highest BCUT2D eigenvalue weighted by Crippen LogP contribution is 2.40. The number of hydrogen-bond donors (Lipinski definition) is 0. The first kappa shape index (κ1) is 23.5. The lowest BCUT2D eigenvalue weighted by Crippen LogP contribution is -2.09. The van der Waals surface area contributed by atoms with E-state index in [0.29, 0.717) is 22.6 Å². The molecule has 0 saturated carbocycles. The monoisotopic (exact) mass is 475 g/mol. The Bertz CT molecular complexity index is 1010. The Morgan fingerprint density at radius 1 is 1.03 bits per heavy atom. The van der Waals surface area contributed by atoms with Crippen LogP contribution in [0, 0.1) is 11.6 Å². The van der Waals surface area contributed by atoms with E-state index in [1.165, 1.54) is 24.3 Å². The first-order valence-corrected chi connectivity index (χ1v) is 10.8. The van der Waals surface area contributed by atoms with Gasteiger partial charge in [0.05, 0.1) is 5.69 Å². The van der Waals surface area contributed by atoms with E-state index in [1.54, 1.807) is 0 Å². The molecule has 9 heteroatoms. The van der Waals surface area contributed by atoms with Crippen LogP contribution in [0.1, 0.15) is 42.2 Å². The van der Waals surface area contributed by atoms with Gasteiger partial charge in [-0.1, -0.05) is 43.5 Å². The Morgan fingerprint density at radius 3 is 2.26 bits per heavy atom. The van der Waals surface area contributed by atoms with Crippen LogP contribution in [0.25, 0.3) is 11.3 Å². The van der Waals surface area contributed by atoms with E-state index >= 15 is 0 Å². The zero-order valence-electron chi connectivity index (χ0n) is 16.5. The minimum atomic E-state index is -4.68. The van der Waals surface area contributed by atoms with E-state index < -0.39 is 35.0 Å². The first-order chi connectivity index (χ1) is 14.7. The summed E-state index contributed by atoms with van der Waals surface area (Å²) < 4.78 is 78.4. The fourth-order valence-corrected chi connectivity index (χ4v) is 4.01. The van der Waals surface area contributed by atoms with Gasteiger partial charge in [0, 0.05) is 16.1 Å². The van der Waals surface area contributed by atoms with Crippen LogP contribution in [0.2, 0.25) is 5.02 Å². The number of benzene rings is 2. The third-order valence-corrected chi connectivity index (χ3v) is 5.84. The highest BCUT2D eigenvalue weighted by molar-refractivity contribution is 7.06. The van der Waals surface area contributed by atoms with Crippen molar-refractivity contribution in [2.75, 3.05) is 0 Å². The van der Waals surface area contributed by atoms with E-state index in [-0.39, 0.29) is 22.8 Å². The first-order valence-electron chi connectivity index (χ1n) is 9.63. The van der Waals surface area contributed by atoms with Crippen LogP contribution in [0.15, 0.2) is 36.4 Å². The molecule has 0 radical (unpaired) electrons. The van der Waals surface area contributed by atoms with Gasteiger partial charge in [-0.15, -0.1) is 0 Å². The van der Waals surface area contributed by atoms with E-state index in [4.69, 9.17) is 16.3 Å². The Balaban J connectivity index is 1.89. The molecule has 0 aliphatic rings. The second-order valence-corrected chi connectivity index (χ2v) is 8.19. The fourth-order valence-electron chi connectivity index (χ4n) is 3.12. The van der Waals surface area contributed by atoms with Crippen molar-refractivity contribution in [2.24, 2.45) is 0 Å². The molecule has 2 aromatic carbocycles. The lowest BCUT2D eigenvalue weighted by Gasteiger charge is -2.13. The SMILES string of the molecule is CCCCCc1cc(F)c(OCc2c(-c3ccc(Cl)cc3)nsc2C(F)(F)F)c(F)c1. The van der Waals surface area contributed by atoms with Crippen molar-refractivity contribution in [1.82, 2.24) is 4.37 Å². The van der Waals surface area contributed by atoms with E-state index in [9.17, 15) is 22.0 Å². The highest BCUT2D eigenvalue weighted by Gasteiger charge is 2.38. The van der Waals surface area contributed by atoms with E-state index in [0.717, 1.165) is 31.4 Å². The number of hydrogen-bond acceptors (Lipinski definition) is 3. The summed E-state index contributed by atoms with van der Waals surface area (Å²) in [5, 5.41) is 0.413. The number of alkyl halides is 3. The minimum Gasteiger partial charge on any atom is -0.483 e. The average Bonchev–Trinajstić information content (AvgIpc) is 3.12. The molecule has 0 saturated heterocycles. The van der Waals surface area contributed by atoms with Gasteiger partial charge in [0.1, 0.15) is 11.5 Å².